The fourth-order valence-electron chi connectivity index (χ4n) is 1.29. The SMILES string of the molecule is CCCC(CCC)O[SiH](OC)OC. The van der Waals surface area contributed by atoms with Crippen LogP contribution >= 0.6 is 0 Å². The first-order valence-corrected chi connectivity index (χ1v) is 6.40. The molecule has 0 bridgehead atoms. The summed E-state index contributed by atoms with van der Waals surface area (Å²) in [7, 11) is 1.48. The Morgan fingerprint density at radius 1 is 1.00 bits per heavy atom. The lowest BCUT2D eigenvalue weighted by Gasteiger charge is -2.20. The van der Waals surface area contributed by atoms with Gasteiger partial charge < -0.3 is 13.3 Å². The van der Waals surface area contributed by atoms with Crippen molar-refractivity contribution in [3.05, 3.63) is 0 Å². The van der Waals surface area contributed by atoms with Crippen LogP contribution in [-0.4, -0.2) is 29.9 Å². The second-order valence-electron chi connectivity index (χ2n) is 3.10. The molecule has 0 aliphatic heterocycles. The molecule has 13 heavy (non-hydrogen) atoms. The van der Waals surface area contributed by atoms with Crippen molar-refractivity contribution in [3.8, 4) is 0 Å². The molecule has 0 aromatic heterocycles. The minimum absolute atomic E-state index is 0.326. The van der Waals surface area contributed by atoms with Gasteiger partial charge >= 0.3 is 9.53 Å². The molecule has 0 amide bonds. The zero-order chi connectivity index (χ0) is 10.1. The topological polar surface area (TPSA) is 27.7 Å². The van der Waals surface area contributed by atoms with E-state index in [0.29, 0.717) is 6.10 Å². The van der Waals surface area contributed by atoms with Crippen LogP contribution in [0.1, 0.15) is 39.5 Å². The predicted molar refractivity (Wildman–Crippen MR) is 55.9 cm³/mol. The van der Waals surface area contributed by atoms with Crippen LogP contribution in [0.4, 0.5) is 0 Å². The Balaban J connectivity index is 3.76. The van der Waals surface area contributed by atoms with Crippen molar-refractivity contribution in [3.63, 3.8) is 0 Å². The van der Waals surface area contributed by atoms with Crippen molar-refractivity contribution in [2.45, 2.75) is 45.6 Å². The van der Waals surface area contributed by atoms with Crippen LogP contribution in [0.2, 0.25) is 0 Å². The summed E-state index contributed by atoms with van der Waals surface area (Å²) >= 11 is 0. The molecule has 0 spiro atoms. The van der Waals surface area contributed by atoms with Crippen molar-refractivity contribution in [2.24, 2.45) is 0 Å². The molecule has 0 aliphatic carbocycles. The number of rotatable bonds is 8. The molecule has 0 saturated heterocycles. The van der Waals surface area contributed by atoms with E-state index >= 15 is 0 Å². The molecule has 80 valence electrons. The lowest BCUT2D eigenvalue weighted by atomic mass is 10.1. The molecule has 0 atom stereocenters. The van der Waals surface area contributed by atoms with Crippen molar-refractivity contribution >= 4 is 9.53 Å². The molecule has 0 aliphatic rings. The monoisotopic (exact) mass is 206 g/mol. The van der Waals surface area contributed by atoms with E-state index in [-0.39, 0.29) is 0 Å². The highest BCUT2D eigenvalue weighted by Gasteiger charge is 2.17. The molecule has 0 unspecified atom stereocenters. The third kappa shape index (κ3) is 6.21. The zero-order valence-corrected chi connectivity index (χ0v) is 10.4. The summed E-state index contributed by atoms with van der Waals surface area (Å²) in [6.45, 7) is 4.34. The van der Waals surface area contributed by atoms with E-state index in [0.717, 1.165) is 25.7 Å². The fraction of sp³-hybridized carbons (Fsp3) is 1.00. The summed E-state index contributed by atoms with van der Waals surface area (Å²) in [6.07, 6.45) is 4.83. The van der Waals surface area contributed by atoms with E-state index in [1.54, 1.807) is 14.2 Å². The maximum atomic E-state index is 5.72. The van der Waals surface area contributed by atoms with E-state index in [4.69, 9.17) is 13.3 Å². The van der Waals surface area contributed by atoms with Gasteiger partial charge in [-0.1, -0.05) is 26.7 Å². The average Bonchev–Trinajstić information content (AvgIpc) is 2.14. The number of hydrogen-bond donors (Lipinski definition) is 0. The van der Waals surface area contributed by atoms with Gasteiger partial charge in [-0.25, -0.2) is 0 Å². The Labute approximate surface area is 83.3 Å². The van der Waals surface area contributed by atoms with Crippen LogP contribution in [0.5, 0.6) is 0 Å². The Kier molecular flexibility index (Phi) is 8.75. The van der Waals surface area contributed by atoms with E-state index in [2.05, 4.69) is 13.8 Å². The Hall–Kier alpha value is 0.0969. The van der Waals surface area contributed by atoms with Gasteiger partial charge in [0.2, 0.25) is 0 Å². The molecular formula is C9H22O3Si. The van der Waals surface area contributed by atoms with Crippen molar-refractivity contribution in [1.29, 1.82) is 0 Å². The van der Waals surface area contributed by atoms with Crippen LogP contribution < -0.4 is 0 Å². The van der Waals surface area contributed by atoms with Crippen LogP contribution in [0.15, 0.2) is 0 Å². The van der Waals surface area contributed by atoms with Crippen molar-refractivity contribution in [2.75, 3.05) is 14.2 Å². The van der Waals surface area contributed by atoms with Crippen molar-refractivity contribution < 1.29 is 13.3 Å². The van der Waals surface area contributed by atoms with Crippen LogP contribution in [0.3, 0.4) is 0 Å². The van der Waals surface area contributed by atoms with Crippen LogP contribution in [-0.2, 0) is 13.3 Å². The van der Waals surface area contributed by atoms with Gasteiger partial charge in [-0.2, -0.15) is 0 Å². The smallest absolute Gasteiger partial charge is 0.379 e. The quantitative estimate of drug-likeness (QED) is 0.568. The fourth-order valence-corrected chi connectivity index (χ4v) is 2.29. The molecule has 0 radical (unpaired) electrons. The van der Waals surface area contributed by atoms with E-state index in [9.17, 15) is 0 Å². The lowest BCUT2D eigenvalue weighted by Crippen LogP contribution is -2.30. The molecule has 0 aromatic carbocycles. The first-order valence-electron chi connectivity index (χ1n) is 4.99. The van der Waals surface area contributed by atoms with Gasteiger partial charge in [-0.05, 0) is 12.8 Å². The van der Waals surface area contributed by atoms with Gasteiger partial charge in [-0.15, -0.1) is 0 Å². The molecule has 0 aromatic rings. The van der Waals surface area contributed by atoms with Gasteiger partial charge in [0.1, 0.15) is 0 Å². The summed E-state index contributed by atoms with van der Waals surface area (Å²) in [6, 6.07) is 0. The maximum absolute atomic E-state index is 5.72. The minimum Gasteiger partial charge on any atom is -0.379 e. The van der Waals surface area contributed by atoms with Gasteiger partial charge in [-0.3, -0.25) is 0 Å². The van der Waals surface area contributed by atoms with Crippen LogP contribution in [0.25, 0.3) is 0 Å². The summed E-state index contributed by atoms with van der Waals surface area (Å²) in [5.41, 5.74) is 0. The Morgan fingerprint density at radius 2 is 1.46 bits per heavy atom. The highest BCUT2D eigenvalue weighted by atomic mass is 28.3. The van der Waals surface area contributed by atoms with Gasteiger partial charge in [0.25, 0.3) is 0 Å². The molecule has 0 rings (SSSR count). The van der Waals surface area contributed by atoms with Crippen molar-refractivity contribution in [1.82, 2.24) is 0 Å². The molecule has 3 nitrogen and oxygen atoms in total. The molecule has 4 heteroatoms. The minimum atomic E-state index is -1.81. The van der Waals surface area contributed by atoms with Gasteiger partial charge in [0.05, 0.1) is 0 Å². The molecule has 0 heterocycles. The average molecular weight is 206 g/mol. The molecule has 0 fully saturated rings. The largest absolute Gasteiger partial charge is 0.483 e. The normalized spacial score (nSPS) is 11.5. The van der Waals surface area contributed by atoms with E-state index in [1.165, 1.54) is 0 Å². The summed E-state index contributed by atoms with van der Waals surface area (Å²) in [5.74, 6) is 0. The van der Waals surface area contributed by atoms with Gasteiger partial charge in [0, 0.05) is 20.3 Å². The van der Waals surface area contributed by atoms with E-state index < -0.39 is 9.53 Å². The Morgan fingerprint density at radius 3 is 1.77 bits per heavy atom. The first-order chi connectivity index (χ1) is 6.28. The first kappa shape index (κ1) is 13.1. The van der Waals surface area contributed by atoms with Crippen LogP contribution in [0, 0.1) is 0 Å². The van der Waals surface area contributed by atoms with E-state index in [1.807, 2.05) is 0 Å². The molecule has 0 N–H and O–H groups in total. The second-order valence-corrected chi connectivity index (χ2v) is 4.89. The summed E-state index contributed by atoms with van der Waals surface area (Å²) in [5, 5.41) is 0. The zero-order valence-electron chi connectivity index (χ0n) is 9.21. The number of hydrogen-bond acceptors (Lipinski definition) is 3. The third-order valence-corrected chi connectivity index (χ3v) is 3.29. The Bertz CT molecular complexity index is 101. The predicted octanol–water partition coefficient (Wildman–Crippen LogP) is 1.98. The lowest BCUT2D eigenvalue weighted by molar-refractivity contribution is 0.0759. The maximum Gasteiger partial charge on any atom is 0.483 e. The second kappa shape index (κ2) is 8.68. The highest BCUT2D eigenvalue weighted by molar-refractivity contribution is 6.36. The van der Waals surface area contributed by atoms with Gasteiger partial charge in [0.15, 0.2) is 0 Å². The highest BCUT2D eigenvalue weighted by Crippen LogP contribution is 2.10. The summed E-state index contributed by atoms with van der Waals surface area (Å²) in [4.78, 5) is 0. The molecular weight excluding hydrogens is 184 g/mol. The summed E-state index contributed by atoms with van der Waals surface area (Å²) < 4.78 is 16.0. The third-order valence-electron chi connectivity index (χ3n) is 1.91. The molecule has 0 saturated carbocycles. The standard InChI is InChI=1S/C9H22O3Si/c1-5-7-9(8-6-2)12-13(10-3)11-4/h9,13H,5-8H2,1-4H3.